The molecule has 0 atom stereocenters. The summed E-state index contributed by atoms with van der Waals surface area (Å²) in [4.78, 5) is 24.6. The van der Waals surface area contributed by atoms with E-state index >= 15 is 0 Å². The number of halogens is 1. The summed E-state index contributed by atoms with van der Waals surface area (Å²) >= 11 is 0. The Morgan fingerprint density at radius 1 is 0.793 bits per heavy atom. The van der Waals surface area contributed by atoms with Gasteiger partial charge in [-0.25, -0.2) is 4.39 Å². The largest absolute Gasteiger partial charge is 0.496 e. The highest BCUT2D eigenvalue weighted by atomic mass is 19.1. The minimum Gasteiger partial charge on any atom is -0.496 e. The molecule has 0 fully saturated rings. The maximum Gasteiger partial charge on any atom is 0.251 e. The fourth-order valence-electron chi connectivity index (χ4n) is 2.79. The summed E-state index contributed by atoms with van der Waals surface area (Å²) in [5, 5.41) is 5.61. The molecule has 0 saturated heterocycles. The van der Waals surface area contributed by atoms with Gasteiger partial charge in [0.25, 0.3) is 11.8 Å². The summed E-state index contributed by atoms with van der Waals surface area (Å²) in [5.74, 6) is -0.120. The van der Waals surface area contributed by atoms with E-state index in [1.807, 2.05) is 24.3 Å². The molecular weight excluding hydrogens is 371 g/mol. The van der Waals surface area contributed by atoms with Crippen molar-refractivity contribution in [2.75, 3.05) is 7.11 Å². The lowest BCUT2D eigenvalue weighted by molar-refractivity contribution is 0.0939. The van der Waals surface area contributed by atoms with Crippen LogP contribution in [0, 0.1) is 5.82 Å². The van der Waals surface area contributed by atoms with Gasteiger partial charge in [0.1, 0.15) is 11.6 Å². The van der Waals surface area contributed by atoms with Crippen LogP contribution < -0.4 is 15.4 Å². The van der Waals surface area contributed by atoms with Crippen molar-refractivity contribution < 1.29 is 18.7 Å². The van der Waals surface area contributed by atoms with Gasteiger partial charge in [-0.15, -0.1) is 0 Å². The first-order valence-corrected chi connectivity index (χ1v) is 9.09. The van der Waals surface area contributed by atoms with Gasteiger partial charge in [0.2, 0.25) is 0 Å². The van der Waals surface area contributed by atoms with Crippen molar-refractivity contribution >= 4 is 11.8 Å². The van der Waals surface area contributed by atoms with E-state index in [4.69, 9.17) is 4.74 Å². The van der Waals surface area contributed by atoms with Gasteiger partial charge in [-0.3, -0.25) is 9.59 Å². The minimum absolute atomic E-state index is 0.242. The lowest BCUT2D eigenvalue weighted by Crippen LogP contribution is -2.24. The standard InChI is InChI=1S/C23H21FN2O3/c1-29-21-5-3-2-4-19(21)15-26-23(28)18-10-8-17(9-11-18)22(27)25-14-16-6-12-20(24)13-7-16/h2-13H,14-15H2,1H3,(H,25,27)(H,26,28). The Kier molecular flexibility index (Phi) is 6.58. The Morgan fingerprint density at radius 2 is 1.34 bits per heavy atom. The van der Waals surface area contributed by atoms with Crippen molar-refractivity contribution in [2.45, 2.75) is 13.1 Å². The van der Waals surface area contributed by atoms with E-state index < -0.39 is 0 Å². The molecule has 29 heavy (non-hydrogen) atoms. The topological polar surface area (TPSA) is 67.4 Å². The Morgan fingerprint density at radius 3 is 1.93 bits per heavy atom. The third-order valence-corrected chi connectivity index (χ3v) is 4.41. The van der Waals surface area contributed by atoms with Gasteiger partial charge in [-0.2, -0.15) is 0 Å². The average molecular weight is 392 g/mol. The van der Waals surface area contributed by atoms with Crippen LogP contribution >= 0.6 is 0 Å². The first-order valence-electron chi connectivity index (χ1n) is 9.09. The molecule has 0 aliphatic heterocycles. The van der Waals surface area contributed by atoms with Crippen LogP contribution in [-0.2, 0) is 13.1 Å². The molecule has 0 bridgehead atoms. The van der Waals surface area contributed by atoms with Crippen LogP contribution in [0.25, 0.3) is 0 Å². The van der Waals surface area contributed by atoms with Crippen molar-refractivity contribution in [3.63, 3.8) is 0 Å². The van der Waals surface area contributed by atoms with Gasteiger partial charge in [-0.05, 0) is 48.0 Å². The summed E-state index contributed by atoms with van der Waals surface area (Å²) in [6.07, 6.45) is 0. The molecule has 5 nitrogen and oxygen atoms in total. The average Bonchev–Trinajstić information content (AvgIpc) is 2.77. The van der Waals surface area contributed by atoms with E-state index in [0.717, 1.165) is 11.1 Å². The van der Waals surface area contributed by atoms with Crippen molar-refractivity contribution in [2.24, 2.45) is 0 Å². The van der Waals surface area contributed by atoms with Crippen LogP contribution in [0.4, 0.5) is 4.39 Å². The third-order valence-electron chi connectivity index (χ3n) is 4.41. The van der Waals surface area contributed by atoms with Crippen LogP contribution in [0.1, 0.15) is 31.8 Å². The van der Waals surface area contributed by atoms with Gasteiger partial charge in [0.05, 0.1) is 7.11 Å². The van der Waals surface area contributed by atoms with Crippen LogP contribution in [0.2, 0.25) is 0 Å². The monoisotopic (exact) mass is 392 g/mol. The van der Waals surface area contributed by atoms with Gasteiger partial charge in [0.15, 0.2) is 0 Å². The number of amides is 2. The molecule has 0 unspecified atom stereocenters. The summed E-state index contributed by atoms with van der Waals surface area (Å²) in [6, 6.07) is 19.8. The lowest BCUT2D eigenvalue weighted by Gasteiger charge is -2.10. The Balaban J connectivity index is 1.55. The van der Waals surface area contributed by atoms with E-state index in [1.54, 1.807) is 43.5 Å². The molecule has 2 amide bonds. The van der Waals surface area contributed by atoms with E-state index in [1.165, 1.54) is 12.1 Å². The molecule has 0 heterocycles. The smallest absolute Gasteiger partial charge is 0.251 e. The summed E-state index contributed by atoms with van der Waals surface area (Å²) in [5.41, 5.74) is 2.57. The van der Waals surface area contributed by atoms with Crippen LogP contribution in [-0.4, -0.2) is 18.9 Å². The number of methoxy groups -OCH3 is 1. The number of rotatable bonds is 7. The minimum atomic E-state index is -0.320. The summed E-state index contributed by atoms with van der Waals surface area (Å²) in [7, 11) is 1.58. The van der Waals surface area contributed by atoms with Crippen LogP contribution in [0.3, 0.4) is 0 Å². The summed E-state index contributed by atoms with van der Waals surface area (Å²) in [6.45, 7) is 0.628. The maximum atomic E-state index is 12.9. The highest BCUT2D eigenvalue weighted by Gasteiger charge is 2.10. The van der Waals surface area contributed by atoms with E-state index in [9.17, 15) is 14.0 Å². The lowest BCUT2D eigenvalue weighted by atomic mass is 10.1. The quantitative estimate of drug-likeness (QED) is 0.644. The molecule has 0 saturated carbocycles. The van der Waals surface area contributed by atoms with Gasteiger partial charge in [-0.1, -0.05) is 30.3 Å². The van der Waals surface area contributed by atoms with Crippen molar-refractivity contribution in [3.05, 3.63) is 101 Å². The zero-order chi connectivity index (χ0) is 20.6. The fourth-order valence-corrected chi connectivity index (χ4v) is 2.79. The second kappa shape index (κ2) is 9.50. The Hall–Kier alpha value is -3.67. The predicted octanol–water partition coefficient (Wildman–Crippen LogP) is 3.69. The molecule has 0 aromatic heterocycles. The number of hydrogen-bond donors (Lipinski definition) is 2. The highest BCUT2D eigenvalue weighted by molar-refractivity contribution is 5.97. The molecule has 6 heteroatoms. The van der Waals surface area contributed by atoms with E-state index in [2.05, 4.69) is 10.6 Å². The SMILES string of the molecule is COc1ccccc1CNC(=O)c1ccc(C(=O)NCc2ccc(F)cc2)cc1. The van der Waals surface area contributed by atoms with Crippen LogP contribution in [0.15, 0.2) is 72.8 Å². The first kappa shape index (κ1) is 20.1. The molecule has 0 aliphatic rings. The second-order valence-corrected chi connectivity index (χ2v) is 6.38. The first-order chi connectivity index (χ1) is 14.1. The number of carbonyl (C=O) groups is 2. The number of hydrogen-bond acceptors (Lipinski definition) is 3. The highest BCUT2D eigenvalue weighted by Crippen LogP contribution is 2.17. The fraction of sp³-hybridized carbons (Fsp3) is 0.130. The Labute approximate surface area is 168 Å². The van der Waals surface area contributed by atoms with Gasteiger partial charge in [0, 0.05) is 29.8 Å². The number of para-hydroxylation sites is 1. The molecule has 148 valence electrons. The summed E-state index contributed by atoms with van der Waals surface area (Å²) < 4.78 is 18.2. The molecule has 3 aromatic rings. The normalized spacial score (nSPS) is 10.3. The number of ether oxygens (including phenoxy) is 1. The Bertz CT molecular complexity index is 986. The number of carbonyl (C=O) groups excluding carboxylic acids is 2. The van der Waals surface area contributed by atoms with E-state index in [0.29, 0.717) is 30.0 Å². The van der Waals surface area contributed by atoms with Gasteiger partial charge < -0.3 is 15.4 Å². The van der Waals surface area contributed by atoms with Crippen LogP contribution in [0.5, 0.6) is 5.75 Å². The van der Waals surface area contributed by atoms with Crippen molar-refractivity contribution in [1.82, 2.24) is 10.6 Å². The maximum absolute atomic E-state index is 12.9. The predicted molar refractivity (Wildman–Crippen MR) is 108 cm³/mol. The molecule has 0 radical (unpaired) electrons. The molecule has 3 aromatic carbocycles. The number of benzene rings is 3. The third kappa shape index (κ3) is 5.42. The number of nitrogens with one attached hydrogen (secondary N) is 2. The second-order valence-electron chi connectivity index (χ2n) is 6.38. The van der Waals surface area contributed by atoms with Gasteiger partial charge >= 0.3 is 0 Å². The molecule has 0 spiro atoms. The zero-order valence-corrected chi connectivity index (χ0v) is 15.9. The molecule has 3 rings (SSSR count). The van der Waals surface area contributed by atoms with Crippen molar-refractivity contribution in [1.29, 1.82) is 0 Å². The zero-order valence-electron chi connectivity index (χ0n) is 15.9. The molecule has 2 N–H and O–H groups in total. The van der Waals surface area contributed by atoms with Crippen molar-refractivity contribution in [3.8, 4) is 5.75 Å². The molecular formula is C23H21FN2O3. The van der Waals surface area contributed by atoms with E-state index in [-0.39, 0.29) is 17.6 Å². The molecule has 0 aliphatic carbocycles.